The van der Waals surface area contributed by atoms with Crippen LogP contribution in [-0.4, -0.2) is 22.9 Å². The van der Waals surface area contributed by atoms with Gasteiger partial charge in [0.2, 0.25) is 0 Å². The topological polar surface area (TPSA) is 72.4 Å². The highest BCUT2D eigenvalue weighted by molar-refractivity contribution is 5.62. The Morgan fingerprint density at radius 1 is 1.41 bits per heavy atom. The van der Waals surface area contributed by atoms with E-state index in [4.69, 9.17) is 5.73 Å². The molecule has 17 heavy (non-hydrogen) atoms. The van der Waals surface area contributed by atoms with Crippen molar-refractivity contribution in [2.45, 2.75) is 26.8 Å². The highest BCUT2D eigenvalue weighted by atomic mass is 16.6. The molecule has 0 spiro atoms. The van der Waals surface area contributed by atoms with Crippen LogP contribution in [0, 0.1) is 10.1 Å². The lowest BCUT2D eigenvalue weighted by Crippen LogP contribution is -2.24. The standard InChI is InChI=1S/C12H19N3O2/c1-3-8-14(4-2)9-10-6-5-7-11(12(10)13)15(16)17/h5-7H,3-4,8-9,13H2,1-2H3. The van der Waals surface area contributed by atoms with Crippen LogP contribution < -0.4 is 5.73 Å². The van der Waals surface area contributed by atoms with Crippen molar-refractivity contribution in [1.29, 1.82) is 0 Å². The molecule has 1 aromatic carbocycles. The molecule has 94 valence electrons. The Bertz CT molecular complexity index is 393. The predicted octanol–water partition coefficient (Wildman–Crippen LogP) is 2.41. The third-order valence-electron chi connectivity index (χ3n) is 2.75. The minimum absolute atomic E-state index is 0.00458. The number of nitro groups is 1. The molecule has 0 aromatic heterocycles. The van der Waals surface area contributed by atoms with Crippen LogP contribution in [0.2, 0.25) is 0 Å². The van der Waals surface area contributed by atoms with E-state index in [1.165, 1.54) is 6.07 Å². The number of nitrogens with zero attached hydrogens (tertiary/aromatic N) is 2. The Balaban J connectivity index is 2.91. The average molecular weight is 237 g/mol. The Labute approximate surface area is 101 Å². The van der Waals surface area contributed by atoms with Crippen LogP contribution in [0.3, 0.4) is 0 Å². The summed E-state index contributed by atoms with van der Waals surface area (Å²) in [7, 11) is 0. The minimum Gasteiger partial charge on any atom is -0.393 e. The summed E-state index contributed by atoms with van der Waals surface area (Å²) in [5.41, 5.74) is 6.92. The number of rotatable bonds is 6. The van der Waals surface area contributed by atoms with Crippen LogP contribution in [0.5, 0.6) is 0 Å². The maximum Gasteiger partial charge on any atom is 0.292 e. The highest BCUT2D eigenvalue weighted by Gasteiger charge is 2.15. The van der Waals surface area contributed by atoms with Gasteiger partial charge < -0.3 is 5.73 Å². The predicted molar refractivity (Wildman–Crippen MR) is 68.8 cm³/mol. The monoisotopic (exact) mass is 237 g/mol. The first-order chi connectivity index (χ1) is 8.10. The molecule has 0 aliphatic rings. The summed E-state index contributed by atoms with van der Waals surface area (Å²) in [6.45, 7) is 6.73. The molecule has 0 fully saturated rings. The zero-order valence-electron chi connectivity index (χ0n) is 10.3. The zero-order valence-corrected chi connectivity index (χ0v) is 10.3. The number of nitrogens with two attached hydrogens (primary N) is 1. The van der Waals surface area contributed by atoms with Gasteiger partial charge in [-0.3, -0.25) is 15.0 Å². The molecule has 2 N–H and O–H groups in total. The molecule has 0 aliphatic carbocycles. The van der Waals surface area contributed by atoms with E-state index in [1.54, 1.807) is 6.07 Å². The van der Waals surface area contributed by atoms with E-state index in [2.05, 4.69) is 18.7 Å². The van der Waals surface area contributed by atoms with Gasteiger partial charge in [-0.15, -0.1) is 0 Å². The third-order valence-corrected chi connectivity index (χ3v) is 2.75. The summed E-state index contributed by atoms with van der Waals surface area (Å²) >= 11 is 0. The van der Waals surface area contributed by atoms with Crippen molar-refractivity contribution >= 4 is 11.4 Å². The van der Waals surface area contributed by atoms with Crippen LogP contribution in [0.15, 0.2) is 18.2 Å². The van der Waals surface area contributed by atoms with E-state index in [0.29, 0.717) is 6.54 Å². The summed E-state index contributed by atoms with van der Waals surface area (Å²) in [4.78, 5) is 12.5. The van der Waals surface area contributed by atoms with Gasteiger partial charge in [0, 0.05) is 12.6 Å². The Kier molecular flexibility index (Phi) is 4.90. The molecular weight excluding hydrogens is 218 g/mol. The summed E-state index contributed by atoms with van der Waals surface area (Å²) in [5.74, 6) is 0. The minimum atomic E-state index is -0.436. The average Bonchev–Trinajstić information content (AvgIpc) is 2.30. The maximum absolute atomic E-state index is 10.8. The van der Waals surface area contributed by atoms with E-state index in [9.17, 15) is 10.1 Å². The van der Waals surface area contributed by atoms with Gasteiger partial charge in [-0.25, -0.2) is 0 Å². The van der Waals surface area contributed by atoms with Crippen LogP contribution in [0.25, 0.3) is 0 Å². The number of hydrogen-bond acceptors (Lipinski definition) is 4. The second-order valence-electron chi connectivity index (χ2n) is 3.98. The number of hydrogen-bond donors (Lipinski definition) is 1. The molecule has 5 nitrogen and oxygen atoms in total. The van der Waals surface area contributed by atoms with Gasteiger partial charge in [0.15, 0.2) is 0 Å². The summed E-state index contributed by atoms with van der Waals surface area (Å²) < 4.78 is 0. The highest BCUT2D eigenvalue weighted by Crippen LogP contribution is 2.25. The number of benzene rings is 1. The van der Waals surface area contributed by atoms with Crippen molar-refractivity contribution in [3.05, 3.63) is 33.9 Å². The molecule has 0 bridgehead atoms. The molecule has 0 atom stereocenters. The first kappa shape index (κ1) is 13.4. The number of para-hydroxylation sites is 1. The van der Waals surface area contributed by atoms with Crippen LogP contribution in [0.1, 0.15) is 25.8 Å². The molecular formula is C12H19N3O2. The number of nitrogen functional groups attached to an aromatic ring is 1. The zero-order chi connectivity index (χ0) is 12.8. The molecule has 1 aromatic rings. The van der Waals surface area contributed by atoms with E-state index in [1.807, 2.05) is 6.07 Å². The van der Waals surface area contributed by atoms with Crippen molar-refractivity contribution in [3.8, 4) is 0 Å². The van der Waals surface area contributed by atoms with Gasteiger partial charge in [-0.2, -0.15) is 0 Å². The fraction of sp³-hybridized carbons (Fsp3) is 0.500. The first-order valence-electron chi connectivity index (χ1n) is 5.84. The Hall–Kier alpha value is -1.62. The van der Waals surface area contributed by atoms with E-state index >= 15 is 0 Å². The van der Waals surface area contributed by atoms with Crippen LogP contribution in [0.4, 0.5) is 11.4 Å². The smallest absolute Gasteiger partial charge is 0.292 e. The molecule has 0 amide bonds. The molecule has 0 heterocycles. The van der Waals surface area contributed by atoms with Gasteiger partial charge in [0.1, 0.15) is 5.69 Å². The fourth-order valence-corrected chi connectivity index (χ4v) is 1.80. The Morgan fingerprint density at radius 2 is 2.12 bits per heavy atom. The fourth-order valence-electron chi connectivity index (χ4n) is 1.80. The number of nitro benzene ring substituents is 1. The van der Waals surface area contributed by atoms with Gasteiger partial charge >= 0.3 is 0 Å². The lowest BCUT2D eigenvalue weighted by Gasteiger charge is -2.20. The van der Waals surface area contributed by atoms with E-state index in [-0.39, 0.29) is 11.4 Å². The molecule has 0 unspecified atom stereocenters. The van der Waals surface area contributed by atoms with Gasteiger partial charge in [0.05, 0.1) is 4.92 Å². The largest absolute Gasteiger partial charge is 0.393 e. The number of anilines is 1. The van der Waals surface area contributed by atoms with Crippen LogP contribution in [-0.2, 0) is 6.54 Å². The van der Waals surface area contributed by atoms with Crippen LogP contribution >= 0.6 is 0 Å². The molecule has 1 rings (SSSR count). The molecule has 0 saturated heterocycles. The summed E-state index contributed by atoms with van der Waals surface area (Å²) in [6.07, 6.45) is 1.06. The van der Waals surface area contributed by atoms with Crippen molar-refractivity contribution in [3.63, 3.8) is 0 Å². The third kappa shape index (κ3) is 3.42. The second-order valence-corrected chi connectivity index (χ2v) is 3.98. The van der Waals surface area contributed by atoms with Gasteiger partial charge in [-0.05, 0) is 25.1 Å². The van der Waals surface area contributed by atoms with Crippen molar-refractivity contribution in [1.82, 2.24) is 4.90 Å². The second kappa shape index (κ2) is 6.20. The normalized spacial score (nSPS) is 10.8. The quantitative estimate of drug-likeness (QED) is 0.468. The SMILES string of the molecule is CCCN(CC)Cc1cccc([N+](=O)[O-])c1N. The summed E-state index contributed by atoms with van der Waals surface area (Å²) in [6, 6.07) is 4.97. The molecule has 0 saturated carbocycles. The molecule has 5 heteroatoms. The lowest BCUT2D eigenvalue weighted by molar-refractivity contribution is -0.384. The van der Waals surface area contributed by atoms with Crippen molar-refractivity contribution in [2.75, 3.05) is 18.8 Å². The maximum atomic E-state index is 10.8. The summed E-state index contributed by atoms with van der Waals surface area (Å²) in [5, 5.41) is 10.8. The molecule has 0 radical (unpaired) electrons. The Morgan fingerprint density at radius 3 is 2.65 bits per heavy atom. The van der Waals surface area contributed by atoms with Crippen molar-refractivity contribution < 1.29 is 4.92 Å². The molecule has 0 aliphatic heterocycles. The van der Waals surface area contributed by atoms with E-state index in [0.717, 1.165) is 25.1 Å². The van der Waals surface area contributed by atoms with E-state index < -0.39 is 4.92 Å². The van der Waals surface area contributed by atoms with Crippen molar-refractivity contribution in [2.24, 2.45) is 0 Å². The lowest BCUT2D eigenvalue weighted by atomic mass is 10.1. The van der Waals surface area contributed by atoms with Gasteiger partial charge in [-0.1, -0.05) is 26.0 Å². The first-order valence-corrected chi connectivity index (χ1v) is 5.84. The van der Waals surface area contributed by atoms with Gasteiger partial charge in [0.25, 0.3) is 5.69 Å².